The average Bonchev–Trinajstić information content (AvgIpc) is 3.03. The zero-order chi connectivity index (χ0) is 16.1. The number of rotatable bonds is 1. The van der Waals surface area contributed by atoms with Gasteiger partial charge >= 0.3 is 5.69 Å². The van der Waals surface area contributed by atoms with Crippen molar-refractivity contribution in [2.24, 2.45) is 14.1 Å². The third-order valence-corrected chi connectivity index (χ3v) is 3.94. The van der Waals surface area contributed by atoms with Crippen LogP contribution in [-0.2, 0) is 14.1 Å². The van der Waals surface area contributed by atoms with Crippen molar-refractivity contribution >= 4 is 22.1 Å². The van der Waals surface area contributed by atoms with E-state index in [1.807, 2.05) is 36.4 Å². The van der Waals surface area contributed by atoms with Crippen molar-refractivity contribution in [3.05, 3.63) is 57.2 Å². The molecule has 1 aromatic carbocycles. The molecule has 7 heteroatoms. The van der Waals surface area contributed by atoms with Crippen LogP contribution in [0.5, 0.6) is 0 Å². The molecule has 3 aromatic heterocycles. The van der Waals surface area contributed by atoms with E-state index in [-0.39, 0.29) is 0 Å². The molecule has 0 aliphatic heterocycles. The highest BCUT2D eigenvalue weighted by Gasteiger charge is 2.15. The number of nitrogens with one attached hydrogen (secondary N) is 1. The van der Waals surface area contributed by atoms with Crippen LogP contribution >= 0.6 is 0 Å². The van der Waals surface area contributed by atoms with Gasteiger partial charge in [-0.15, -0.1) is 0 Å². The molecule has 114 valence electrons. The molecule has 0 amide bonds. The van der Waals surface area contributed by atoms with Crippen LogP contribution in [0.4, 0.5) is 0 Å². The first-order valence-electron chi connectivity index (χ1n) is 7.08. The first-order valence-corrected chi connectivity index (χ1v) is 7.08. The molecule has 4 aromatic rings. The summed E-state index contributed by atoms with van der Waals surface area (Å²) in [6, 6.07) is 11.5. The number of aromatic amines is 1. The van der Waals surface area contributed by atoms with Crippen LogP contribution in [-0.4, -0.2) is 24.1 Å². The third-order valence-electron chi connectivity index (χ3n) is 3.94. The number of para-hydroxylation sites is 1. The minimum atomic E-state index is -0.410. The number of hydrogen-bond donors (Lipinski definition) is 1. The van der Waals surface area contributed by atoms with Gasteiger partial charge in [-0.3, -0.25) is 13.9 Å². The van der Waals surface area contributed by atoms with Gasteiger partial charge in [0.2, 0.25) is 0 Å². The van der Waals surface area contributed by atoms with Crippen LogP contribution in [0.2, 0.25) is 0 Å². The third kappa shape index (κ3) is 1.90. The van der Waals surface area contributed by atoms with E-state index in [9.17, 15) is 9.59 Å². The first-order chi connectivity index (χ1) is 11.1. The van der Waals surface area contributed by atoms with E-state index < -0.39 is 11.2 Å². The first kappa shape index (κ1) is 13.4. The second-order valence-corrected chi connectivity index (χ2v) is 5.38. The van der Waals surface area contributed by atoms with Gasteiger partial charge in [-0.1, -0.05) is 24.3 Å². The van der Waals surface area contributed by atoms with Crippen molar-refractivity contribution in [1.29, 1.82) is 0 Å². The van der Waals surface area contributed by atoms with E-state index in [4.69, 9.17) is 0 Å². The Hall–Kier alpha value is -3.22. The Balaban J connectivity index is 2.02. The Morgan fingerprint density at radius 1 is 0.957 bits per heavy atom. The molecule has 7 nitrogen and oxygen atoms in total. The highest BCUT2D eigenvalue weighted by Crippen LogP contribution is 2.19. The molecule has 0 bridgehead atoms. The number of imidazole rings is 1. The molecule has 0 radical (unpaired) electrons. The molecule has 0 atom stereocenters. The summed E-state index contributed by atoms with van der Waals surface area (Å²) < 4.78 is 2.40. The molecule has 1 N–H and O–H groups in total. The molecule has 3 heterocycles. The summed E-state index contributed by atoms with van der Waals surface area (Å²) in [6.07, 6.45) is 0. The van der Waals surface area contributed by atoms with Crippen LogP contribution in [0.25, 0.3) is 33.6 Å². The van der Waals surface area contributed by atoms with Crippen LogP contribution in [0.1, 0.15) is 0 Å². The number of aromatic nitrogens is 5. The van der Waals surface area contributed by atoms with Crippen LogP contribution in [0.3, 0.4) is 0 Å². The molecule has 0 saturated carbocycles. The summed E-state index contributed by atoms with van der Waals surface area (Å²) in [6.45, 7) is 0. The number of pyridine rings is 1. The van der Waals surface area contributed by atoms with Crippen LogP contribution in [0.15, 0.2) is 46.0 Å². The lowest BCUT2D eigenvalue weighted by Crippen LogP contribution is -2.36. The Morgan fingerprint density at radius 3 is 2.57 bits per heavy atom. The Morgan fingerprint density at radius 2 is 1.74 bits per heavy atom. The number of nitrogens with zero attached hydrogens (tertiary/aromatic N) is 4. The fourth-order valence-electron chi connectivity index (χ4n) is 2.65. The van der Waals surface area contributed by atoms with E-state index >= 15 is 0 Å². The predicted molar refractivity (Wildman–Crippen MR) is 87.3 cm³/mol. The molecular weight excluding hydrogens is 294 g/mol. The summed E-state index contributed by atoms with van der Waals surface area (Å²) in [5.74, 6) is 0.462. The summed E-state index contributed by atoms with van der Waals surface area (Å²) in [5, 5.41) is 1.02. The number of benzene rings is 1. The zero-order valence-corrected chi connectivity index (χ0v) is 12.6. The fraction of sp³-hybridized carbons (Fsp3) is 0.125. The van der Waals surface area contributed by atoms with Crippen molar-refractivity contribution in [2.75, 3.05) is 0 Å². The number of fused-ring (bicyclic) bond motifs is 2. The van der Waals surface area contributed by atoms with Crippen molar-refractivity contribution in [3.63, 3.8) is 0 Å². The molecule has 0 aliphatic rings. The molecule has 0 spiro atoms. The van der Waals surface area contributed by atoms with E-state index in [1.54, 1.807) is 7.05 Å². The van der Waals surface area contributed by atoms with E-state index in [2.05, 4.69) is 15.0 Å². The minimum absolute atomic E-state index is 0.291. The normalized spacial score (nSPS) is 11.4. The predicted octanol–water partition coefficient (Wildman–Crippen LogP) is 1.18. The number of H-pyrrole nitrogens is 1. The second kappa shape index (κ2) is 4.64. The largest absolute Gasteiger partial charge is 0.332 e. The van der Waals surface area contributed by atoms with E-state index in [0.29, 0.717) is 22.7 Å². The maximum absolute atomic E-state index is 12.2. The van der Waals surface area contributed by atoms with Crippen molar-refractivity contribution in [3.8, 4) is 11.5 Å². The van der Waals surface area contributed by atoms with Gasteiger partial charge in [0.05, 0.1) is 5.52 Å². The fourth-order valence-corrected chi connectivity index (χ4v) is 2.65. The smallest absolute Gasteiger partial charge is 0.331 e. The molecule has 23 heavy (non-hydrogen) atoms. The highest BCUT2D eigenvalue weighted by atomic mass is 16.2. The van der Waals surface area contributed by atoms with Crippen molar-refractivity contribution in [2.45, 2.75) is 0 Å². The lowest BCUT2D eigenvalue weighted by molar-refractivity contribution is 0.709. The SMILES string of the molecule is Cn1c(=O)c2[nH]c(-c3ccc4ccccc4n3)nc2n(C)c1=O. The number of aryl methyl sites for hydroxylation is 1. The van der Waals surface area contributed by atoms with Crippen molar-refractivity contribution < 1.29 is 0 Å². The second-order valence-electron chi connectivity index (χ2n) is 5.38. The maximum Gasteiger partial charge on any atom is 0.332 e. The molecule has 0 aliphatic carbocycles. The van der Waals surface area contributed by atoms with Gasteiger partial charge < -0.3 is 4.98 Å². The van der Waals surface area contributed by atoms with Crippen LogP contribution in [0, 0.1) is 0 Å². The molecule has 0 unspecified atom stereocenters. The molecule has 0 saturated heterocycles. The molecule has 0 fully saturated rings. The van der Waals surface area contributed by atoms with Gasteiger partial charge in [0.1, 0.15) is 11.2 Å². The van der Waals surface area contributed by atoms with Gasteiger partial charge in [0, 0.05) is 19.5 Å². The van der Waals surface area contributed by atoms with Crippen LogP contribution < -0.4 is 11.2 Å². The quantitative estimate of drug-likeness (QED) is 0.572. The summed E-state index contributed by atoms with van der Waals surface area (Å²) in [4.78, 5) is 36.1. The summed E-state index contributed by atoms with van der Waals surface area (Å²) in [7, 11) is 3.03. The zero-order valence-electron chi connectivity index (χ0n) is 12.6. The van der Waals surface area contributed by atoms with Gasteiger partial charge in [-0.2, -0.15) is 0 Å². The summed E-state index contributed by atoms with van der Waals surface area (Å²) >= 11 is 0. The summed E-state index contributed by atoms with van der Waals surface area (Å²) in [5.41, 5.74) is 1.26. The standard InChI is InChI=1S/C16H13N5O2/c1-20-14-12(15(22)21(2)16(20)23)18-13(19-14)11-8-7-9-5-3-4-6-10(9)17-11/h3-8H,1-2H3,(H,18,19). The molecular formula is C16H13N5O2. The number of hydrogen-bond acceptors (Lipinski definition) is 4. The van der Waals surface area contributed by atoms with E-state index in [1.165, 1.54) is 11.6 Å². The Kier molecular flexibility index (Phi) is 2.71. The minimum Gasteiger partial charge on any atom is -0.331 e. The Bertz CT molecular complexity index is 1180. The monoisotopic (exact) mass is 307 g/mol. The molecule has 4 rings (SSSR count). The van der Waals surface area contributed by atoms with Gasteiger partial charge in [0.25, 0.3) is 5.56 Å². The van der Waals surface area contributed by atoms with Gasteiger partial charge in [-0.05, 0) is 12.1 Å². The van der Waals surface area contributed by atoms with Crippen molar-refractivity contribution in [1.82, 2.24) is 24.1 Å². The van der Waals surface area contributed by atoms with E-state index in [0.717, 1.165) is 15.5 Å². The topological polar surface area (TPSA) is 85.6 Å². The highest BCUT2D eigenvalue weighted by molar-refractivity contribution is 5.82. The lowest BCUT2D eigenvalue weighted by atomic mass is 10.2. The lowest BCUT2D eigenvalue weighted by Gasteiger charge is -2.00. The Labute approximate surface area is 129 Å². The van der Waals surface area contributed by atoms with Gasteiger partial charge in [0.15, 0.2) is 11.5 Å². The maximum atomic E-state index is 12.2. The average molecular weight is 307 g/mol. The van der Waals surface area contributed by atoms with Gasteiger partial charge in [-0.25, -0.2) is 14.8 Å².